The van der Waals surface area contributed by atoms with E-state index < -0.39 is 0 Å². The van der Waals surface area contributed by atoms with E-state index in [-0.39, 0.29) is 6.04 Å². The summed E-state index contributed by atoms with van der Waals surface area (Å²) in [5.74, 6) is 2.65. The van der Waals surface area contributed by atoms with Gasteiger partial charge in [-0.3, -0.25) is 4.99 Å². The number of aromatic nitrogens is 4. The molecule has 1 unspecified atom stereocenters. The van der Waals surface area contributed by atoms with Gasteiger partial charge in [-0.2, -0.15) is 5.10 Å². The number of hydrogen-bond donors (Lipinski definition) is 2. The Morgan fingerprint density at radius 1 is 1.33 bits per heavy atom. The molecule has 2 aromatic heterocycles. The Morgan fingerprint density at radius 2 is 2.17 bits per heavy atom. The van der Waals surface area contributed by atoms with Crippen molar-refractivity contribution >= 4 is 17.3 Å². The normalized spacial score (nSPS) is 17.7. The van der Waals surface area contributed by atoms with Crippen LogP contribution in [-0.2, 0) is 13.0 Å². The molecule has 0 radical (unpaired) electrons. The van der Waals surface area contributed by atoms with Gasteiger partial charge in [0.25, 0.3) is 0 Å². The summed E-state index contributed by atoms with van der Waals surface area (Å²) in [6.07, 6.45) is 3.10. The fraction of sp³-hybridized carbons (Fsp3) is 0.625. The summed E-state index contributed by atoms with van der Waals surface area (Å²) in [6, 6.07) is 0.165. The molecule has 0 fully saturated rings. The topological polar surface area (TPSA) is 80.0 Å². The molecule has 7 nitrogen and oxygen atoms in total. The van der Waals surface area contributed by atoms with Crippen molar-refractivity contribution in [2.75, 3.05) is 13.6 Å². The standard InChI is InChI=1S/C16H25N7S/c1-10-14(24-12(3)19-10)7-8-18-16(17-4)21-13-6-5-9-23-15(13)20-11(2)22-23/h13H,5-9H2,1-4H3,(H2,17,18,21). The molecule has 2 aromatic rings. The van der Waals surface area contributed by atoms with Crippen LogP contribution in [0.2, 0.25) is 0 Å². The zero-order valence-electron chi connectivity index (χ0n) is 14.8. The van der Waals surface area contributed by atoms with Crippen LogP contribution >= 0.6 is 11.3 Å². The molecule has 2 N–H and O–H groups in total. The molecule has 0 bridgehead atoms. The van der Waals surface area contributed by atoms with Crippen molar-refractivity contribution in [2.45, 2.75) is 52.6 Å². The van der Waals surface area contributed by atoms with Crippen molar-refractivity contribution < 1.29 is 0 Å². The lowest BCUT2D eigenvalue weighted by Crippen LogP contribution is -2.42. The van der Waals surface area contributed by atoms with Gasteiger partial charge in [0, 0.05) is 31.4 Å². The molecule has 0 saturated heterocycles. The fourth-order valence-corrected chi connectivity index (χ4v) is 4.00. The highest BCUT2D eigenvalue weighted by atomic mass is 32.1. The summed E-state index contributed by atoms with van der Waals surface area (Å²) in [6.45, 7) is 7.85. The van der Waals surface area contributed by atoms with Gasteiger partial charge < -0.3 is 10.6 Å². The van der Waals surface area contributed by atoms with Gasteiger partial charge in [-0.1, -0.05) is 0 Å². The minimum Gasteiger partial charge on any atom is -0.356 e. The maximum atomic E-state index is 4.56. The molecule has 1 aliphatic rings. The van der Waals surface area contributed by atoms with E-state index in [1.54, 1.807) is 18.4 Å². The van der Waals surface area contributed by atoms with Crippen molar-refractivity contribution in [3.8, 4) is 0 Å². The first-order chi connectivity index (χ1) is 11.6. The van der Waals surface area contributed by atoms with E-state index in [1.165, 1.54) is 4.88 Å². The van der Waals surface area contributed by atoms with Gasteiger partial charge in [0.15, 0.2) is 5.96 Å². The van der Waals surface area contributed by atoms with E-state index in [2.05, 4.69) is 44.5 Å². The summed E-state index contributed by atoms with van der Waals surface area (Å²) in [5.41, 5.74) is 1.14. The van der Waals surface area contributed by atoms with E-state index >= 15 is 0 Å². The molecule has 3 heterocycles. The molecule has 130 valence electrons. The van der Waals surface area contributed by atoms with E-state index in [1.807, 2.05) is 11.6 Å². The fourth-order valence-electron chi connectivity index (χ4n) is 3.06. The number of aryl methyl sites for hydroxylation is 4. The molecule has 0 saturated carbocycles. The molecular weight excluding hydrogens is 322 g/mol. The first kappa shape index (κ1) is 16.9. The number of rotatable bonds is 4. The zero-order valence-corrected chi connectivity index (χ0v) is 15.6. The van der Waals surface area contributed by atoms with Crippen molar-refractivity contribution in [2.24, 2.45) is 4.99 Å². The molecule has 1 atom stereocenters. The third-order valence-electron chi connectivity index (χ3n) is 4.16. The van der Waals surface area contributed by atoms with Crippen LogP contribution in [0.25, 0.3) is 0 Å². The second kappa shape index (κ2) is 7.29. The van der Waals surface area contributed by atoms with Crippen LogP contribution < -0.4 is 10.6 Å². The number of thiazole rings is 1. The SMILES string of the molecule is CN=C(NCCc1sc(C)nc1C)NC1CCCn2nc(C)nc21. The maximum absolute atomic E-state index is 4.56. The molecule has 1 aliphatic heterocycles. The monoisotopic (exact) mass is 347 g/mol. The number of hydrogen-bond acceptors (Lipinski definition) is 5. The Kier molecular flexibility index (Phi) is 5.13. The van der Waals surface area contributed by atoms with Crippen molar-refractivity contribution in [1.29, 1.82) is 0 Å². The molecule has 8 heteroatoms. The van der Waals surface area contributed by atoms with Gasteiger partial charge in [-0.25, -0.2) is 14.6 Å². The van der Waals surface area contributed by atoms with E-state index in [4.69, 9.17) is 0 Å². The minimum absolute atomic E-state index is 0.165. The molecule has 3 rings (SSSR count). The average molecular weight is 347 g/mol. The van der Waals surface area contributed by atoms with Crippen LogP contribution in [0.1, 0.15) is 46.1 Å². The Balaban J connectivity index is 1.57. The summed E-state index contributed by atoms with van der Waals surface area (Å²) in [7, 11) is 1.80. The molecule has 0 aromatic carbocycles. The quantitative estimate of drug-likeness (QED) is 0.652. The Bertz CT molecular complexity index is 731. The van der Waals surface area contributed by atoms with Gasteiger partial charge in [-0.15, -0.1) is 11.3 Å². The minimum atomic E-state index is 0.165. The van der Waals surface area contributed by atoms with Gasteiger partial charge in [0.1, 0.15) is 11.6 Å². The second-order valence-corrected chi connectivity index (χ2v) is 7.36. The predicted molar refractivity (Wildman–Crippen MR) is 96.5 cm³/mol. The van der Waals surface area contributed by atoms with Crippen LogP contribution in [0.5, 0.6) is 0 Å². The van der Waals surface area contributed by atoms with Crippen LogP contribution in [0.15, 0.2) is 4.99 Å². The third-order valence-corrected chi connectivity index (χ3v) is 5.29. The molecule has 0 aliphatic carbocycles. The smallest absolute Gasteiger partial charge is 0.191 e. The predicted octanol–water partition coefficient (Wildman–Crippen LogP) is 1.90. The van der Waals surface area contributed by atoms with E-state index in [0.717, 1.165) is 60.7 Å². The summed E-state index contributed by atoms with van der Waals surface area (Å²) >= 11 is 1.77. The maximum Gasteiger partial charge on any atom is 0.191 e. The summed E-state index contributed by atoms with van der Waals surface area (Å²) in [4.78, 5) is 14.7. The first-order valence-corrected chi connectivity index (χ1v) is 9.20. The molecular formula is C16H25N7S. The Hall–Kier alpha value is -1.96. The highest BCUT2D eigenvalue weighted by Gasteiger charge is 2.24. The lowest BCUT2D eigenvalue weighted by Gasteiger charge is -2.25. The zero-order chi connectivity index (χ0) is 17.1. The van der Waals surface area contributed by atoms with Gasteiger partial charge in [0.05, 0.1) is 16.7 Å². The van der Waals surface area contributed by atoms with Crippen LogP contribution in [-0.4, -0.2) is 39.3 Å². The number of guanidine groups is 1. The highest BCUT2D eigenvalue weighted by molar-refractivity contribution is 7.11. The third kappa shape index (κ3) is 3.75. The van der Waals surface area contributed by atoms with Crippen molar-refractivity contribution in [1.82, 2.24) is 30.4 Å². The summed E-state index contributed by atoms with van der Waals surface area (Å²) in [5, 5.41) is 12.5. The van der Waals surface area contributed by atoms with E-state index in [9.17, 15) is 0 Å². The number of nitrogens with zero attached hydrogens (tertiary/aromatic N) is 5. The highest BCUT2D eigenvalue weighted by Crippen LogP contribution is 2.22. The van der Waals surface area contributed by atoms with Crippen LogP contribution in [0.4, 0.5) is 0 Å². The second-order valence-electron chi connectivity index (χ2n) is 6.07. The van der Waals surface area contributed by atoms with Crippen LogP contribution in [0, 0.1) is 20.8 Å². The number of aliphatic imine (C=N–C) groups is 1. The van der Waals surface area contributed by atoms with Gasteiger partial charge in [0.2, 0.25) is 0 Å². The van der Waals surface area contributed by atoms with Crippen LogP contribution in [0.3, 0.4) is 0 Å². The van der Waals surface area contributed by atoms with Gasteiger partial charge >= 0.3 is 0 Å². The molecule has 0 spiro atoms. The Labute approximate surface area is 146 Å². The summed E-state index contributed by atoms with van der Waals surface area (Å²) < 4.78 is 2.01. The number of fused-ring (bicyclic) bond motifs is 1. The molecule has 0 amide bonds. The van der Waals surface area contributed by atoms with Crippen molar-refractivity contribution in [3.05, 3.63) is 27.2 Å². The van der Waals surface area contributed by atoms with E-state index in [0.29, 0.717) is 0 Å². The molecule has 24 heavy (non-hydrogen) atoms. The van der Waals surface area contributed by atoms with Gasteiger partial charge in [-0.05, 0) is 33.6 Å². The lowest BCUT2D eigenvalue weighted by molar-refractivity contribution is 0.398. The Morgan fingerprint density at radius 3 is 2.88 bits per heavy atom. The van der Waals surface area contributed by atoms with Crippen molar-refractivity contribution in [3.63, 3.8) is 0 Å². The lowest BCUT2D eigenvalue weighted by atomic mass is 10.1. The average Bonchev–Trinajstić information content (AvgIpc) is 3.08. The first-order valence-electron chi connectivity index (χ1n) is 8.38. The largest absolute Gasteiger partial charge is 0.356 e. The number of nitrogens with one attached hydrogen (secondary N) is 2.